The highest BCUT2D eigenvalue weighted by Crippen LogP contribution is 2.17. The van der Waals surface area contributed by atoms with E-state index in [2.05, 4.69) is 24.2 Å². The van der Waals surface area contributed by atoms with E-state index in [0.29, 0.717) is 6.17 Å². The Labute approximate surface area is 57.2 Å². The van der Waals surface area contributed by atoms with Crippen molar-refractivity contribution >= 4 is 0 Å². The molecule has 0 bridgehead atoms. The summed E-state index contributed by atoms with van der Waals surface area (Å²) in [7, 11) is 4.20. The van der Waals surface area contributed by atoms with Crippen LogP contribution in [-0.2, 0) is 0 Å². The number of nitrogens with one attached hydrogen (secondary N) is 1. The fourth-order valence-electron chi connectivity index (χ4n) is 1.59. The van der Waals surface area contributed by atoms with Gasteiger partial charge in [0.1, 0.15) is 0 Å². The molecule has 54 valence electrons. The molecule has 0 radical (unpaired) electrons. The Morgan fingerprint density at radius 3 is 2.44 bits per heavy atom. The Kier molecular flexibility index (Phi) is 2.09. The molecule has 2 nitrogen and oxygen atoms in total. The first-order valence-corrected chi connectivity index (χ1v) is 3.61. The van der Waals surface area contributed by atoms with E-state index in [1.165, 1.54) is 13.0 Å². The van der Waals surface area contributed by atoms with Gasteiger partial charge in [0.15, 0.2) is 0 Å². The molecule has 0 aromatic rings. The van der Waals surface area contributed by atoms with Crippen LogP contribution >= 0.6 is 0 Å². The minimum Gasteiger partial charge on any atom is -0.305 e. The van der Waals surface area contributed by atoms with Gasteiger partial charge in [0.05, 0.1) is 6.17 Å². The maximum Gasteiger partial charge on any atom is 0.0595 e. The van der Waals surface area contributed by atoms with E-state index in [0.717, 1.165) is 5.92 Å². The lowest BCUT2D eigenvalue weighted by molar-refractivity contribution is 0.277. The lowest BCUT2D eigenvalue weighted by Crippen LogP contribution is -2.35. The normalized spacial score (nSPS) is 37.7. The number of hydrogen-bond donors (Lipinski definition) is 1. The Bertz CT molecular complexity index is 92.9. The van der Waals surface area contributed by atoms with Crippen molar-refractivity contribution in [1.29, 1.82) is 0 Å². The van der Waals surface area contributed by atoms with Crippen LogP contribution in [0.1, 0.15) is 13.3 Å². The van der Waals surface area contributed by atoms with Crippen molar-refractivity contribution in [3.8, 4) is 0 Å². The van der Waals surface area contributed by atoms with Gasteiger partial charge in [-0.05, 0) is 26.4 Å². The first-order chi connectivity index (χ1) is 4.24. The number of likely N-dealkylation sites (tertiary alicyclic amines) is 1. The summed E-state index contributed by atoms with van der Waals surface area (Å²) in [6.45, 7) is 3.54. The lowest BCUT2D eigenvalue weighted by Gasteiger charge is -2.17. The lowest BCUT2D eigenvalue weighted by atomic mass is 10.1. The summed E-state index contributed by atoms with van der Waals surface area (Å²) < 4.78 is 0. The molecule has 1 rings (SSSR count). The maximum atomic E-state index is 3.27. The van der Waals surface area contributed by atoms with Gasteiger partial charge in [0, 0.05) is 6.54 Å². The van der Waals surface area contributed by atoms with Gasteiger partial charge in [0.25, 0.3) is 0 Å². The van der Waals surface area contributed by atoms with E-state index in [1.54, 1.807) is 0 Å². The van der Waals surface area contributed by atoms with Crippen LogP contribution in [0.25, 0.3) is 0 Å². The molecule has 1 aliphatic heterocycles. The second-order valence-electron chi connectivity index (χ2n) is 3.08. The summed E-state index contributed by atoms with van der Waals surface area (Å²) in [5.74, 6) is 0.868. The van der Waals surface area contributed by atoms with E-state index in [-0.39, 0.29) is 0 Å². The predicted molar refractivity (Wildman–Crippen MR) is 39.3 cm³/mol. The molecule has 2 unspecified atom stereocenters. The molecule has 1 saturated heterocycles. The van der Waals surface area contributed by atoms with E-state index in [4.69, 9.17) is 0 Å². The molecule has 1 fully saturated rings. The van der Waals surface area contributed by atoms with E-state index in [9.17, 15) is 0 Å². The molecule has 0 spiro atoms. The van der Waals surface area contributed by atoms with Crippen molar-refractivity contribution in [3.63, 3.8) is 0 Å². The SMILES string of the molecule is CNC1CC(C)CN1C. The van der Waals surface area contributed by atoms with Crippen molar-refractivity contribution in [2.75, 3.05) is 20.6 Å². The third-order valence-corrected chi connectivity index (χ3v) is 2.09. The molecule has 2 atom stereocenters. The molecule has 0 amide bonds. The van der Waals surface area contributed by atoms with Crippen LogP contribution in [0.2, 0.25) is 0 Å². The Morgan fingerprint density at radius 2 is 2.22 bits per heavy atom. The minimum absolute atomic E-state index is 0.625. The molecule has 9 heavy (non-hydrogen) atoms. The highest BCUT2D eigenvalue weighted by Gasteiger charge is 2.24. The summed E-state index contributed by atoms with van der Waals surface area (Å²) in [6.07, 6.45) is 1.92. The minimum atomic E-state index is 0.625. The molecular formula is C7H16N2. The van der Waals surface area contributed by atoms with Crippen LogP contribution in [0, 0.1) is 5.92 Å². The van der Waals surface area contributed by atoms with Crippen molar-refractivity contribution < 1.29 is 0 Å². The Morgan fingerprint density at radius 1 is 1.56 bits per heavy atom. The molecular weight excluding hydrogens is 112 g/mol. The first kappa shape index (κ1) is 7.03. The number of hydrogen-bond acceptors (Lipinski definition) is 2. The van der Waals surface area contributed by atoms with Crippen molar-refractivity contribution in [2.24, 2.45) is 5.92 Å². The smallest absolute Gasteiger partial charge is 0.0595 e. The molecule has 1 heterocycles. The second-order valence-corrected chi connectivity index (χ2v) is 3.08. The van der Waals surface area contributed by atoms with Gasteiger partial charge in [-0.2, -0.15) is 0 Å². The molecule has 2 heteroatoms. The zero-order valence-electron chi connectivity index (χ0n) is 6.52. The molecule has 0 aromatic carbocycles. The van der Waals surface area contributed by atoms with Gasteiger partial charge in [0.2, 0.25) is 0 Å². The topological polar surface area (TPSA) is 15.3 Å². The van der Waals surface area contributed by atoms with Crippen molar-refractivity contribution in [3.05, 3.63) is 0 Å². The summed E-state index contributed by atoms with van der Waals surface area (Å²) in [5.41, 5.74) is 0. The van der Waals surface area contributed by atoms with Gasteiger partial charge in [-0.3, -0.25) is 4.90 Å². The standard InChI is InChI=1S/C7H16N2/c1-6-4-7(8-2)9(3)5-6/h6-8H,4-5H2,1-3H3. The average Bonchev–Trinajstić information content (AvgIpc) is 2.10. The average molecular weight is 128 g/mol. The van der Waals surface area contributed by atoms with E-state index in [1.807, 2.05) is 7.05 Å². The second kappa shape index (κ2) is 2.67. The van der Waals surface area contributed by atoms with Crippen LogP contribution in [-0.4, -0.2) is 31.7 Å². The number of rotatable bonds is 1. The van der Waals surface area contributed by atoms with Crippen molar-refractivity contribution in [2.45, 2.75) is 19.5 Å². The van der Waals surface area contributed by atoms with Crippen LogP contribution in [0.5, 0.6) is 0 Å². The van der Waals surface area contributed by atoms with Crippen LogP contribution in [0.4, 0.5) is 0 Å². The number of nitrogens with zero attached hydrogens (tertiary/aromatic N) is 1. The first-order valence-electron chi connectivity index (χ1n) is 3.61. The van der Waals surface area contributed by atoms with Gasteiger partial charge >= 0.3 is 0 Å². The van der Waals surface area contributed by atoms with Gasteiger partial charge in [-0.1, -0.05) is 6.92 Å². The highest BCUT2D eigenvalue weighted by molar-refractivity contribution is 4.77. The van der Waals surface area contributed by atoms with Crippen LogP contribution in [0.15, 0.2) is 0 Å². The largest absolute Gasteiger partial charge is 0.305 e. The third-order valence-electron chi connectivity index (χ3n) is 2.09. The summed E-state index contributed by atoms with van der Waals surface area (Å²) in [4.78, 5) is 2.37. The molecule has 1 N–H and O–H groups in total. The Hall–Kier alpha value is -0.0800. The molecule has 0 aromatic heterocycles. The quantitative estimate of drug-likeness (QED) is 0.553. The monoisotopic (exact) mass is 128 g/mol. The summed E-state index contributed by atoms with van der Waals surface area (Å²) >= 11 is 0. The zero-order chi connectivity index (χ0) is 6.85. The predicted octanol–water partition coefficient (Wildman–Crippen LogP) is 0.503. The van der Waals surface area contributed by atoms with Crippen molar-refractivity contribution in [1.82, 2.24) is 10.2 Å². The van der Waals surface area contributed by atoms with E-state index >= 15 is 0 Å². The fourth-order valence-corrected chi connectivity index (χ4v) is 1.59. The molecule has 0 aliphatic carbocycles. The fraction of sp³-hybridized carbons (Fsp3) is 1.00. The van der Waals surface area contributed by atoms with Gasteiger partial charge in [-0.25, -0.2) is 0 Å². The van der Waals surface area contributed by atoms with Crippen LogP contribution in [0.3, 0.4) is 0 Å². The summed E-state index contributed by atoms with van der Waals surface area (Å²) in [5, 5.41) is 3.27. The maximum absolute atomic E-state index is 3.27. The van der Waals surface area contributed by atoms with E-state index < -0.39 is 0 Å². The van der Waals surface area contributed by atoms with Gasteiger partial charge in [-0.15, -0.1) is 0 Å². The molecule has 1 aliphatic rings. The Balaban J connectivity index is 2.38. The molecule has 0 saturated carbocycles. The summed E-state index contributed by atoms with van der Waals surface area (Å²) in [6, 6.07) is 0. The van der Waals surface area contributed by atoms with Gasteiger partial charge < -0.3 is 5.32 Å². The zero-order valence-corrected chi connectivity index (χ0v) is 6.52. The highest BCUT2D eigenvalue weighted by atomic mass is 15.3. The third kappa shape index (κ3) is 1.43. The van der Waals surface area contributed by atoms with Crippen LogP contribution < -0.4 is 5.32 Å².